The fourth-order valence-electron chi connectivity index (χ4n) is 6.85. The van der Waals surface area contributed by atoms with Crippen LogP contribution in [-0.4, -0.2) is 4.40 Å². The highest BCUT2D eigenvalue weighted by molar-refractivity contribution is 6.31. The first kappa shape index (κ1) is 19.8. The molecule has 39 heavy (non-hydrogen) atoms. The van der Waals surface area contributed by atoms with E-state index in [2.05, 4.69) is 108 Å². The van der Waals surface area contributed by atoms with E-state index in [0.29, 0.717) is 0 Å². The summed E-state index contributed by atoms with van der Waals surface area (Å²) in [6.45, 7) is 0. The van der Waals surface area contributed by atoms with Crippen molar-refractivity contribution in [2.75, 3.05) is 0 Å². The van der Waals surface area contributed by atoms with Crippen LogP contribution in [0.3, 0.4) is 0 Å². The Labute approximate surface area is 221 Å². The van der Waals surface area contributed by atoms with E-state index < -0.39 is 0 Å². The van der Waals surface area contributed by atoms with E-state index in [1.807, 2.05) is 12.1 Å². The van der Waals surface area contributed by atoms with Gasteiger partial charge in [0.05, 0.1) is 16.6 Å². The zero-order valence-electron chi connectivity index (χ0n) is 20.7. The maximum absolute atomic E-state index is 6.61. The Morgan fingerprint density at radius 3 is 1.41 bits per heavy atom. The summed E-state index contributed by atoms with van der Waals surface area (Å²) >= 11 is 0. The Kier molecular flexibility index (Phi) is 3.44. The molecule has 0 atom stereocenters. The molecule has 10 aromatic rings. The van der Waals surface area contributed by atoms with Gasteiger partial charge in [-0.2, -0.15) is 0 Å². The summed E-state index contributed by atoms with van der Waals surface area (Å²) in [6, 6.07) is 40.9. The Balaban J connectivity index is 1.52. The molecule has 0 saturated heterocycles. The van der Waals surface area contributed by atoms with Gasteiger partial charge in [0.1, 0.15) is 11.2 Å². The van der Waals surface area contributed by atoms with Crippen LogP contribution in [0, 0.1) is 0 Å². The standard InChI is InChI=1S/C36H19NO2/c1-2-8-20(9-3-1)21-18-28-24-14-16-26-22-10-4-6-12-30(22)38-35(26)33(24)37-32(28)29(19-21)25-15-17-27-23-11-5-7-13-31(23)39-36(27)34(25)37/h1-19H. The van der Waals surface area contributed by atoms with Crippen molar-refractivity contribution in [2.24, 2.45) is 0 Å². The molecule has 0 radical (unpaired) electrons. The maximum Gasteiger partial charge on any atom is 0.160 e. The number of rotatable bonds is 1. The van der Waals surface area contributed by atoms with Crippen molar-refractivity contribution in [3.8, 4) is 11.1 Å². The van der Waals surface area contributed by atoms with Gasteiger partial charge in [-0.25, -0.2) is 0 Å². The molecule has 0 saturated carbocycles. The molecule has 0 unspecified atom stereocenters. The zero-order chi connectivity index (χ0) is 25.2. The van der Waals surface area contributed by atoms with Gasteiger partial charge in [0, 0.05) is 43.1 Å². The molecule has 0 N–H and O–H groups in total. The monoisotopic (exact) mass is 497 g/mol. The smallest absolute Gasteiger partial charge is 0.160 e. The predicted octanol–water partition coefficient (Wildman–Crippen LogP) is 10.3. The van der Waals surface area contributed by atoms with Gasteiger partial charge in [0.2, 0.25) is 0 Å². The van der Waals surface area contributed by atoms with Crippen LogP contribution < -0.4 is 0 Å². The molecule has 0 bridgehead atoms. The molecule has 3 heteroatoms. The second-order valence-electron chi connectivity index (χ2n) is 10.5. The van der Waals surface area contributed by atoms with Crippen LogP contribution in [0.25, 0.3) is 93.1 Å². The van der Waals surface area contributed by atoms with Crippen molar-refractivity contribution in [3.63, 3.8) is 0 Å². The average molecular weight is 498 g/mol. The van der Waals surface area contributed by atoms with Crippen LogP contribution in [0.2, 0.25) is 0 Å². The number of nitrogens with zero attached hydrogens (tertiary/aromatic N) is 1. The molecule has 0 fully saturated rings. The van der Waals surface area contributed by atoms with Gasteiger partial charge in [0.25, 0.3) is 0 Å². The highest BCUT2D eigenvalue weighted by atomic mass is 16.3. The van der Waals surface area contributed by atoms with Crippen molar-refractivity contribution < 1.29 is 8.83 Å². The Hall–Kier alpha value is -5.28. The van der Waals surface area contributed by atoms with Crippen LogP contribution >= 0.6 is 0 Å². The van der Waals surface area contributed by atoms with E-state index >= 15 is 0 Å². The van der Waals surface area contributed by atoms with Gasteiger partial charge in [-0.1, -0.05) is 78.9 Å². The minimum absolute atomic E-state index is 0.906. The summed E-state index contributed by atoms with van der Waals surface area (Å²) in [5.74, 6) is 0. The number of hydrogen-bond donors (Lipinski definition) is 0. The lowest BCUT2D eigenvalue weighted by Gasteiger charge is -2.04. The number of hydrogen-bond acceptors (Lipinski definition) is 2. The Morgan fingerprint density at radius 1 is 0.359 bits per heavy atom. The van der Waals surface area contributed by atoms with E-state index in [1.54, 1.807) is 0 Å². The molecule has 3 nitrogen and oxygen atoms in total. The van der Waals surface area contributed by atoms with E-state index in [4.69, 9.17) is 8.83 Å². The van der Waals surface area contributed by atoms with Crippen LogP contribution in [0.1, 0.15) is 0 Å². The summed E-state index contributed by atoms with van der Waals surface area (Å²) in [4.78, 5) is 0. The number of furan rings is 2. The fraction of sp³-hybridized carbons (Fsp3) is 0. The molecular weight excluding hydrogens is 478 g/mol. The van der Waals surface area contributed by atoms with E-state index in [9.17, 15) is 0 Å². The third-order valence-electron chi connectivity index (χ3n) is 8.51. The van der Waals surface area contributed by atoms with Gasteiger partial charge in [-0.15, -0.1) is 0 Å². The quantitative estimate of drug-likeness (QED) is 0.226. The predicted molar refractivity (Wildman–Crippen MR) is 161 cm³/mol. The van der Waals surface area contributed by atoms with Gasteiger partial charge >= 0.3 is 0 Å². The topological polar surface area (TPSA) is 30.7 Å². The number of benzene rings is 6. The lowest BCUT2D eigenvalue weighted by Crippen LogP contribution is -1.82. The van der Waals surface area contributed by atoms with Crippen LogP contribution in [0.5, 0.6) is 0 Å². The molecule has 180 valence electrons. The minimum Gasteiger partial charge on any atom is -0.454 e. The van der Waals surface area contributed by atoms with E-state index in [1.165, 1.54) is 38.2 Å². The van der Waals surface area contributed by atoms with Gasteiger partial charge in [-0.05, 0) is 47.5 Å². The largest absolute Gasteiger partial charge is 0.454 e. The highest BCUT2D eigenvalue weighted by Crippen LogP contribution is 2.47. The van der Waals surface area contributed by atoms with Crippen molar-refractivity contribution in [1.29, 1.82) is 0 Å². The lowest BCUT2D eigenvalue weighted by molar-refractivity contribution is 0.670. The Bertz CT molecular complexity index is 2440. The summed E-state index contributed by atoms with van der Waals surface area (Å²) in [5.41, 5.74) is 9.45. The van der Waals surface area contributed by atoms with Gasteiger partial charge in [0.15, 0.2) is 11.2 Å². The second-order valence-corrected chi connectivity index (χ2v) is 10.5. The second kappa shape index (κ2) is 6.77. The first-order valence-electron chi connectivity index (χ1n) is 13.3. The lowest BCUT2D eigenvalue weighted by atomic mass is 9.99. The van der Waals surface area contributed by atoms with Crippen LogP contribution in [0.4, 0.5) is 0 Å². The first-order valence-corrected chi connectivity index (χ1v) is 13.3. The summed E-state index contributed by atoms with van der Waals surface area (Å²) in [6.07, 6.45) is 0. The molecule has 0 aliphatic rings. The van der Waals surface area contributed by atoms with E-state index in [-0.39, 0.29) is 0 Å². The number of fused-ring (bicyclic) bond motifs is 14. The first-order chi connectivity index (χ1) is 19.3. The summed E-state index contributed by atoms with van der Waals surface area (Å²) in [5, 5.41) is 9.37. The molecule has 6 aromatic carbocycles. The summed E-state index contributed by atoms with van der Waals surface area (Å²) < 4.78 is 15.6. The zero-order valence-corrected chi connectivity index (χ0v) is 20.7. The molecule has 0 aliphatic carbocycles. The van der Waals surface area contributed by atoms with Crippen molar-refractivity contribution in [3.05, 3.63) is 115 Å². The SMILES string of the molecule is c1ccc(-c2cc3c4ccc5c6ccccc6oc5c4n4c3c(c2)c2ccc3c5ccccc5oc3c24)cc1. The number of aromatic nitrogens is 1. The normalized spacial score (nSPS) is 12.6. The third-order valence-corrected chi connectivity index (χ3v) is 8.51. The molecule has 4 aromatic heterocycles. The minimum atomic E-state index is 0.906. The van der Waals surface area contributed by atoms with Gasteiger partial charge < -0.3 is 13.2 Å². The van der Waals surface area contributed by atoms with Crippen LogP contribution in [0.15, 0.2) is 124 Å². The molecular formula is C36H19NO2. The average Bonchev–Trinajstić information content (AvgIpc) is 3.73. The summed E-state index contributed by atoms with van der Waals surface area (Å²) in [7, 11) is 0. The Morgan fingerprint density at radius 2 is 0.846 bits per heavy atom. The third kappa shape index (κ3) is 2.35. The molecule has 10 rings (SSSR count). The van der Waals surface area contributed by atoms with Gasteiger partial charge in [-0.3, -0.25) is 0 Å². The molecule has 0 amide bonds. The molecule has 0 aliphatic heterocycles. The van der Waals surface area contributed by atoms with E-state index in [0.717, 1.165) is 54.9 Å². The number of para-hydroxylation sites is 2. The highest BCUT2D eigenvalue weighted by Gasteiger charge is 2.25. The maximum atomic E-state index is 6.61. The van der Waals surface area contributed by atoms with Crippen molar-refractivity contribution >= 4 is 82.0 Å². The van der Waals surface area contributed by atoms with Crippen LogP contribution in [-0.2, 0) is 0 Å². The molecule has 0 spiro atoms. The fourth-order valence-corrected chi connectivity index (χ4v) is 6.85. The van der Waals surface area contributed by atoms with Crippen molar-refractivity contribution in [2.45, 2.75) is 0 Å². The van der Waals surface area contributed by atoms with Crippen molar-refractivity contribution in [1.82, 2.24) is 4.40 Å². The molecule has 4 heterocycles.